The van der Waals surface area contributed by atoms with Gasteiger partial charge in [-0.2, -0.15) is 4.31 Å². The van der Waals surface area contributed by atoms with Gasteiger partial charge in [0.15, 0.2) is 11.5 Å². The van der Waals surface area contributed by atoms with Gasteiger partial charge in [0.1, 0.15) is 13.2 Å². The third-order valence-corrected chi connectivity index (χ3v) is 8.13. The lowest BCUT2D eigenvalue weighted by Gasteiger charge is -2.32. The van der Waals surface area contributed by atoms with E-state index in [1.54, 1.807) is 33.5 Å². The molecule has 2 aromatic rings. The van der Waals surface area contributed by atoms with Crippen molar-refractivity contribution in [1.82, 2.24) is 9.21 Å². The van der Waals surface area contributed by atoms with E-state index in [-0.39, 0.29) is 16.8 Å². The molecule has 0 radical (unpaired) electrons. The van der Waals surface area contributed by atoms with Gasteiger partial charge in [-0.05, 0) is 68.7 Å². The minimum Gasteiger partial charge on any atom is -0.486 e. The molecular weight excluding hydrogens is 428 g/mol. The van der Waals surface area contributed by atoms with Crippen LogP contribution in [0.2, 0.25) is 0 Å². The largest absolute Gasteiger partial charge is 0.486 e. The predicted octanol–water partition coefficient (Wildman–Crippen LogP) is 3.68. The van der Waals surface area contributed by atoms with E-state index in [4.69, 9.17) is 9.47 Å². The zero-order valence-corrected chi connectivity index (χ0v) is 19.4. The van der Waals surface area contributed by atoms with Crippen LogP contribution >= 0.6 is 0 Å². The number of rotatable bonds is 6. The molecule has 0 aliphatic carbocycles. The molecule has 2 aliphatic rings. The molecule has 7 nitrogen and oxygen atoms in total. The molecule has 0 N–H and O–H groups in total. The van der Waals surface area contributed by atoms with E-state index in [1.807, 2.05) is 32.0 Å². The van der Waals surface area contributed by atoms with E-state index in [0.29, 0.717) is 49.9 Å². The summed E-state index contributed by atoms with van der Waals surface area (Å²) in [6.45, 7) is 6.42. The first-order chi connectivity index (χ1) is 15.4. The van der Waals surface area contributed by atoms with Crippen LogP contribution < -0.4 is 9.47 Å². The number of fused-ring (bicyclic) bond motifs is 1. The summed E-state index contributed by atoms with van der Waals surface area (Å²) >= 11 is 0. The summed E-state index contributed by atoms with van der Waals surface area (Å²) in [5, 5.41) is 0. The highest BCUT2D eigenvalue weighted by Crippen LogP contribution is 2.31. The standard InChI is InChI=1S/C24H30N2O5S/c1-3-25(17-19-7-12-22-23(16-19)31-15-14-30-22)24(27)20-8-10-21(11-9-20)32(28,29)26-13-5-4-6-18(26)2/h7-12,16,18H,3-6,13-15,17H2,1-2H3/t18-/m0/s1. The molecule has 0 spiro atoms. The number of benzene rings is 2. The van der Waals surface area contributed by atoms with Crippen molar-refractivity contribution >= 4 is 15.9 Å². The number of amides is 1. The van der Waals surface area contributed by atoms with Crippen LogP contribution in [0.25, 0.3) is 0 Å². The average molecular weight is 459 g/mol. The minimum atomic E-state index is -3.55. The second kappa shape index (κ2) is 9.50. The number of piperidine rings is 1. The first-order valence-electron chi connectivity index (χ1n) is 11.2. The molecule has 1 saturated heterocycles. The van der Waals surface area contributed by atoms with Crippen molar-refractivity contribution in [3.8, 4) is 11.5 Å². The van der Waals surface area contributed by atoms with Gasteiger partial charge in [-0.3, -0.25) is 4.79 Å². The molecule has 2 aliphatic heterocycles. The van der Waals surface area contributed by atoms with Crippen molar-refractivity contribution < 1.29 is 22.7 Å². The Labute approximate surface area is 190 Å². The number of sulfonamides is 1. The number of ether oxygens (including phenoxy) is 2. The number of hydrogen-bond acceptors (Lipinski definition) is 5. The Morgan fingerprint density at radius 2 is 1.78 bits per heavy atom. The van der Waals surface area contributed by atoms with Gasteiger partial charge in [-0.25, -0.2) is 8.42 Å². The highest BCUT2D eigenvalue weighted by atomic mass is 32.2. The van der Waals surface area contributed by atoms with Crippen molar-refractivity contribution in [2.45, 2.75) is 50.6 Å². The molecule has 0 bridgehead atoms. The second-order valence-corrected chi connectivity index (χ2v) is 10.2. The molecule has 8 heteroatoms. The van der Waals surface area contributed by atoms with Gasteiger partial charge in [0.25, 0.3) is 5.91 Å². The second-order valence-electron chi connectivity index (χ2n) is 8.28. The first-order valence-corrected chi connectivity index (χ1v) is 12.6. The van der Waals surface area contributed by atoms with Crippen LogP contribution in [0.5, 0.6) is 11.5 Å². The topological polar surface area (TPSA) is 76.1 Å². The van der Waals surface area contributed by atoms with Crippen LogP contribution in [0.4, 0.5) is 0 Å². The first kappa shape index (κ1) is 22.6. The molecule has 2 heterocycles. The molecule has 32 heavy (non-hydrogen) atoms. The van der Waals surface area contributed by atoms with Gasteiger partial charge in [-0.15, -0.1) is 0 Å². The Morgan fingerprint density at radius 3 is 2.47 bits per heavy atom. The van der Waals surface area contributed by atoms with Crippen LogP contribution in [0.3, 0.4) is 0 Å². The lowest BCUT2D eigenvalue weighted by Crippen LogP contribution is -2.41. The average Bonchev–Trinajstić information content (AvgIpc) is 2.82. The molecule has 4 rings (SSSR count). The van der Waals surface area contributed by atoms with Gasteiger partial charge >= 0.3 is 0 Å². The zero-order valence-electron chi connectivity index (χ0n) is 18.6. The van der Waals surface area contributed by atoms with Crippen LogP contribution in [-0.2, 0) is 16.6 Å². The summed E-state index contributed by atoms with van der Waals surface area (Å²) in [6, 6.07) is 12.0. The maximum absolute atomic E-state index is 13.1. The molecule has 0 unspecified atom stereocenters. The van der Waals surface area contributed by atoms with Crippen LogP contribution in [0.1, 0.15) is 49.0 Å². The van der Waals surface area contributed by atoms with Crippen molar-refractivity contribution in [1.29, 1.82) is 0 Å². The molecule has 0 aromatic heterocycles. The molecule has 172 valence electrons. The monoisotopic (exact) mass is 458 g/mol. The fraction of sp³-hybridized carbons (Fsp3) is 0.458. The number of hydrogen-bond donors (Lipinski definition) is 0. The number of carbonyl (C=O) groups excluding carboxylic acids is 1. The number of carbonyl (C=O) groups is 1. The summed E-state index contributed by atoms with van der Waals surface area (Å²) in [5.41, 5.74) is 1.41. The Balaban J connectivity index is 1.48. The van der Waals surface area contributed by atoms with Gasteiger partial charge in [0, 0.05) is 31.2 Å². The SMILES string of the molecule is CCN(Cc1ccc2c(c1)OCCO2)C(=O)c1ccc(S(=O)(=O)N2CCCC[C@@H]2C)cc1. The third kappa shape index (κ3) is 4.61. The van der Waals surface area contributed by atoms with Crippen LogP contribution in [-0.4, -0.2) is 55.9 Å². The Morgan fingerprint density at radius 1 is 1.06 bits per heavy atom. The molecule has 1 fully saturated rings. The highest BCUT2D eigenvalue weighted by molar-refractivity contribution is 7.89. The van der Waals surface area contributed by atoms with Crippen LogP contribution in [0.15, 0.2) is 47.4 Å². The fourth-order valence-corrected chi connectivity index (χ4v) is 5.95. The lowest BCUT2D eigenvalue weighted by atomic mass is 10.1. The van der Waals surface area contributed by atoms with Gasteiger partial charge in [0.2, 0.25) is 10.0 Å². The normalized spacial score (nSPS) is 18.9. The quantitative estimate of drug-likeness (QED) is 0.660. The van der Waals surface area contributed by atoms with E-state index in [9.17, 15) is 13.2 Å². The molecular formula is C24H30N2O5S. The molecule has 1 amide bonds. The molecule has 2 aromatic carbocycles. The smallest absolute Gasteiger partial charge is 0.254 e. The summed E-state index contributed by atoms with van der Waals surface area (Å²) in [4.78, 5) is 15.1. The van der Waals surface area contributed by atoms with Crippen molar-refractivity contribution in [3.63, 3.8) is 0 Å². The Kier molecular flexibility index (Phi) is 6.71. The van der Waals surface area contributed by atoms with E-state index >= 15 is 0 Å². The van der Waals surface area contributed by atoms with E-state index in [2.05, 4.69) is 0 Å². The lowest BCUT2D eigenvalue weighted by molar-refractivity contribution is 0.0752. The van der Waals surface area contributed by atoms with Gasteiger partial charge < -0.3 is 14.4 Å². The van der Waals surface area contributed by atoms with E-state index < -0.39 is 10.0 Å². The maximum atomic E-state index is 13.1. The third-order valence-electron chi connectivity index (χ3n) is 6.10. The summed E-state index contributed by atoms with van der Waals surface area (Å²) in [7, 11) is -3.55. The minimum absolute atomic E-state index is 0.00311. The van der Waals surface area contributed by atoms with Gasteiger partial charge in [-0.1, -0.05) is 12.5 Å². The summed E-state index contributed by atoms with van der Waals surface area (Å²) in [6.07, 6.45) is 2.81. The highest BCUT2D eigenvalue weighted by Gasteiger charge is 2.31. The zero-order chi connectivity index (χ0) is 22.7. The van der Waals surface area contributed by atoms with Crippen LogP contribution in [0, 0.1) is 0 Å². The predicted molar refractivity (Wildman–Crippen MR) is 121 cm³/mol. The van der Waals surface area contributed by atoms with Gasteiger partial charge in [0.05, 0.1) is 4.90 Å². The Hall–Kier alpha value is -2.58. The van der Waals surface area contributed by atoms with Crippen molar-refractivity contribution in [2.24, 2.45) is 0 Å². The summed E-state index contributed by atoms with van der Waals surface area (Å²) < 4.78 is 38.8. The van der Waals surface area contributed by atoms with E-state index in [0.717, 1.165) is 24.8 Å². The summed E-state index contributed by atoms with van der Waals surface area (Å²) in [5.74, 6) is 1.27. The Bertz CT molecular complexity index is 1070. The maximum Gasteiger partial charge on any atom is 0.254 e. The van der Waals surface area contributed by atoms with E-state index in [1.165, 1.54) is 0 Å². The molecule has 1 atom stereocenters. The van der Waals surface area contributed by atoms with Crippen molar-refractivity contribution in [2.75, 3.05) is 26.3 Å². The van der Waals surface area contributed by atoms with Crippen molar-refractivity contribution in [3.05, 3.63) is 53.6 Å². The fourth-order valence-electron chi connectivity index (χ4n) is 4.25. The number of nitrogens with zero attached hydrogens (tertiary/aromatic N) is 2. The molecule has 0 saturated carbocycles.